The van der Waals surface area contributed by atoms with Gasteiger partial charge in [0.15, 0.2) is 0 Å². The molecule has 2 rings (SSSR count). The maximum absolute atomic E-state index is 10.6. The van der Waals surface area contributed by atoms with Gasteiger partial charge < -0.3 is 5.11 Å². The highest BCUT2D eigenvalue weighted by Gasteiger charge is 2.25. The molecule has 0 saturated carbocycles. The minimum Gasteiger partial charge on any atom is -0.380 e. The molecular formula is C14H20ClN3OS. The fraction of sp³-hybridized carbons (Fsp3) is 0.571. The van der Waals surface area contributed by atoms with Crippen LogP contribution in [0.5, 0.6) is 0 Å². The highest BCUT2D eigenvalue weighted by Crippen LogP contribution is 2.33. The van der Waals surface area contributed by atoms with E-state index < -0.39 is 6.10 Å². The number of halogens is 1. The molecule has 0 radical (unpaired) electrons. The van der Waals surface area contributed by atoms with Crippen molar-refractivity contribution in [3.63, 3.8) is 0 Å². The zero-order valence-electron chi connectivity index (χ0n) is 12.4. The average molecular weight is 314 g/mol. The summed E-state index contributed by atoms with van der Waals surface area (Å²) < 4.78 is 1.74. The molecule has 6 heteroatoms. The van der Waals surface area contributed by atoms with Crippen molar-refractivity contribution in [1.82, 2.24) is 14.8 Å². The van der Waals surface area contributed by atoms with Crippen LogP contribution in [-0.2, 0) is 5.41 Å². The van der Waals surface area contributed by atoms with Crippen LogP contribution < -0.4 is 0 Å². The van der Waals surface area contributed by atoms with E-state index in [1.54, 1.807) is 22.2 Å². The van der Waals surface area contributed by atoms with Gasteiger partial charge in [-0.1, -0.05) is 32.4 Å². The van der Waals surface area contributed by atoms with Gasteiger partial charge in [0.1, 0.15) is 6.10 Å². The average Bonchev–Trinajstić information content (AvgIpc) is 2.93. The summed E-state index contributed by atoms with van der Waals surface area (Å²) in [5, 5.41) is 18.1. The lowest BCUT2D eigenvalue weighted by molar-refractivity contribution is 0.200. The molecule has 0 aliphatic rings. The first-order valence-electron chi connectivity index (χ1n) is 6.58. The van der Waals surface area contributed by atoms with E-state index in [0.29, 0.717) is 16.4 Å². The van der Waals surface area contributed by atoms with E-state index in [4.69, 9.17) is 11.6 Å². The lowest BCUT2D eigenvalue weighted by atomic mass is 9.98. The Morgan fingerprint density at radius 3 is 2.50 bits per heavy atom. The molecule has 2 heterocycles. The fourth-order valence-corrected chi connectivity index (χ4v) is 3.07. The normalized spacial score (nSPS) is 14.0. The van der Waals surface area contributed by atoms with E-state index in [2.05, 4.69) is 30.9 Å². The predicted molar refractivity (Wildman–Crippen MR) is 82.5 cm³/mol. The Morgan fingerprint density at radius 2 is 2.00 bits per heavy atom. The summed E-state index contributed by atoms with van der Waals surface area (Å²) in [6.07, 6.45) is 0.719. The zero-order chi connectivity index (χ0) is 15.1. The molecule has 0 spiro atoms. The summed E-state index contributed by atoms with van der Waals surface area (Å²) in [5.41, 5.74) is 1.21. The molecule has 2 aromatic rings. The van der Waals surface area contributed by atoms with Gasteiger partial charge in [-0.2, -0.15) is 5.10 Å². The maximum Gasteiger partial charge on any atom is 0.140 e. The van der Waals surface area contributed by atoms with Crippen molar-refractivity contribution in [1.29, 1.82) is 0 Å². The Balaban J connectivity index is 2.39. The minimum atomic E-state index is -0.847. The van der Waals surface area contributed by atoms with E-state index in [0.717, 1.165) is 5.01 Å². The molecule has 4 nitrogen and oxygen atoms in total. The predicted octanol–water partition coefficient (Wildman–Crippen LogP) is 3.95. The van der Waals surface area contributed by atoms with Gasteiger partial charge in [0.05, 0.1) is 27.6 Å². The second-order valence-corrected chi connectivity index (χ2v) is 7.41. The van der Waals surface area contributed by atoms with Crippen LogP contribution in [0.2, 0.25) is 5.02 Å². The van der Waals surface area contributed by atoms with Crippen LogP contribution in [-0.4, -0.2) is 19.9 Å². The van der Waals surface area contributed by atoms with Gasteiger partial charge in [-0.05, 0) is 13.8 Å². The monoisotopic (exact) mass is 313 g/mol. The molecule has 2 aromatic heterocycles. The maximum atomic E-state index is 10.6. The minimum absolute atomic E-state index is 0.0231. The third-order valence-corrected chi connectivity index (χ3v) is 4.56. The van der Waals surface area contributed by atoms with Gasteiger partial charge in [-0.15, -0.1) is 11.3 Å². The molecule has 0 fully saturated rings. The number of thiazole rings is 1. The highest BCUT2D eigenvalue weighted by molar-refractivity contribution is 7.09. The highest BCUT2D eigenvalue weighted by atomic mass is 35.5. The molecule has 1 N–H and O–H groups in total. The number of aromatic nitrogens is 3. The van der Waals surface area contributed by atoms with Crippen LogP contribution >= 0.6 is 22.9 Å². The number of rotatable bonds is 3. The molecule has 0 aromatic carbocycles. The van der Waals surface area contributed by atoms with Gasteiger partial charge >= 0.3 is 0 Å². The van der Waals surface area contributed by atoms with Crippen LogP contribution in [0.4, 0.5) is 0 Å². The third-order valence-electron chi connectivity index (χ3n) is 2.98. The van der Waals surface area contributed by atoms with Gasteiger partial charge in [-0.3, -0.25) is 4.68 Å². The summed E-state index contributed by atoms with van der Waals surface area (Å²) in [4.78, 5) is 4.55. The van der Waals surface area contributed by atoms with Crippen molar-refractivity contribution in [2.45, 2.75) is 52.2 Å². The van der Waals surface area contributed by atoms with Crippen molar-refractivity contribution in [3.8, 4) is 0 Å². The number of aliphatic hydroxyl groups is 1. The number of aliphatic hydroxyl groups excluding tert-OH is 1. The van der Waals surface area contributed by atoms with Gasteiger partial charge in [0.2, 0.25) is 0 Å². The van der Waals surface area contributed by atoms with Crippen LogP contribution in [0.25, 0.3) is 0 Å². The van der Waals surface area contributed by atoms with E-state index in [9.17, 15) is 5.11 Å². The smallest absolute Gasteiger partial charge is 0.140 e. The largest absolute Gasteiger partial charge is 0.380 e. The van der Waals surface area contributed by atoms with Crippen molar-refractivity contribution in [2.24, 2.45) is 0 Å². The van der Waals surface area contributed by atoms with Crippen LogP contribution in [0.1, 0.15) is 63.2 Å². The Kier molecular flexibility index (Phi) is 4.23. The van der Waals surface area contributed by atoms with E-state index >= 15 is 0 Å². The third kappa shape index (κ3) is 2.90. The Labute approximate surface area is 128 Å². The van der Waals surface area contributed by atoms with Gasteiger partial charge in [0, 0.05) is 16.8 Å². The molecule has 110 valence electrons. The Morgan fingerprint density at radius 1 is 1.35 bits per heavy atom. The lowest BCUT2D eigenvalue weighted by Gasteiger charge is -2.16. The van der Waals surface area contributed by atoms with E-state index in [-0.39, 0.29) is 11.5 Å². The first-order chi connectivity index (χ1) is 9.21. The molecule has 1 unspecified atom stereocenters. The van der Waals surface area contributed by atoms with Crippen LogP contribution in [0.3, 0.4) is 0 Å². The number of nitrogens with zero attached hydrogens (tertiary/aromatic N) is 3. The summed E-state index contributed by atoms with van der Waals surface area (Å²) in [6, 6.07) is 0.132. The molecule has 0 aliphatic heterocycles. The number of hydrogen-bond acceptors (Lipinski definition) is 4. The van der Waals surface area contributed by atoms with Gasteiger partial charge in [-0.25, -0.2) is 4.98 Å². The second kappa shape index (κ2) is 5.47. The van der Waals surface area contributed by atoms with E-state index in [1.165, 1.54) is 0 Å². The van der Waals surface area contributed by atoms with Crippen LogP contribution in [0, 0.1) is 0 Å². The topological polar surface area (TPSA) is 50.9 Å². The summed E-state index contributed by atoms with van der Waals surface area (Å²) in [7, 11) is 0. The molecule has 0 saturated heterocycles. The molecule has 20 heavy (non-hydrogen) atoms. The second-order valence-electron chi connectivity index (χ2n) is 6.15. The quantitative estimate of drug-likeness (QED) is 0.933. The zero-order valence-corrected chi connectivity index (χ0v) is 14.0. The van der Waals surface area contributed by atoms with Crippen molar-refractivity contribution < 1.29 is 5.11 Å². The summed E-state index contributed by atoms with van der Waals surface area (Å²) in [5.74, 6) is 0. The Bertz CT molecular complexity index is 598. The first kappa shape index (κ1) is 15.5. The molecule has 0 amide bonds. The molecule has 0 bridgehead atoms. The fourth-order valence-electron chi connectivity index (χ4n) is 1.91. The summed E-state index contributed by atoms with van der Waals surface area (Å²) in [6.45, 7) is 10.3. The first-order valence-corrected chi connectivity index (χ1v) is 7.84. The standard InChI is InChI=1S/C14H20ClN3OS/c1-8(2)18-11(9(15)6-16-18)12(19)10-7-20-13(17-10)14(3,4)5/h6-8,12,19H,1-5H3. The van der Waals surface area contributed by atoms with Crippen molar-refractivity contribution in [2.75, 3.05) is 0 Å². The van der Waals surface area contributed by atoms with E-state index in [1.807, 2.05) is 19.2 Å². The van der Waals surface area contributed by atoms with Crippen LogP contribution in [0.15, 0.2) is 11.6 Å². The van der Waals surface area contributed by atoms with Crippen molar-refractivity contribution in [3.05, 3.63) is 33.0 Å². The summed E-state index contributed by atoms with van der Waals surface area (Å²) >= 11 is 7.72. The SMILES string of the molecule is CC(C)n1ncc(Cl)c1C(O)c1csc(C(C)(C)C)n1. The Hall–Kier alpha value is -0.910. The molecular weight excluding hydrogens is 294 g/mol. The van der Waals surface area contributed by atoms with Gasteiger partial charge in [0.25, 0.3) is 0 Å². The number of hydrogen-bond donors (Lipinski definition) is 1. The lowest BCUT2D eigenvalue weighted by Crippen LogP contribution is -2.14. The van der Waals surface area contributed by atoms with Crippen molar-refractivity contribution >= 4 is 22.9 Å². The molecule has 0 aliphatic carbocycles. The molecule has 1 atom stereocenters.